The molecule has 0 aliphatic rings. The van der Waals surface area contributed by atoms with Gasteiger partial charge in [-0.3, -0.25) is 0 Å². The van der Waals surface area contributed by atoms with Crippen LogP contribution in [0.15, 0.2) is 43.0 Å². The number of hydrogen-bond acceptors (Lipinski definition) is 3. The largest absolute Gasteiger partial charge is 0.462 e. The Labute approximate surface area is 95.7 Å². The summed E-state index contributed by atoms with van der Waals surface area (Å²) in [5, 5.41) is 0. The Kier molecular flexibility index (Phi) is 5.96. The first-order valence-electron chi connectivity index (χ1n) is 5.24. The van der Waals surface area contributed by atoms with Gasteiger partial charge in [0.25, 0.3) is 0 Å². The van der Waals surface area contributed by atoms with Crippen LogP contribution < -0.4 is 0 Å². The van der Waals surface area contributed by atoms with E-state index in [4.69, 9.17) is 9.47 Å². The van der Waals surface area contributed by atoms with Crippen molar-refractivity contribution in [2.75, 3.05) is 13.2 Å². The maximum atomic E-state index is 10.7. The van der Waals surface area contributed by atoms with Gasteiger partial charge in [0, 0.05) is 12.5 Å². The second kappa shape index (κ2) is 7.65. The van der Waals surface area contributed by atoms with Crippen LogP contribution >= 0.6 is 0 Å². The van der Waals surface area contributed by atoms with Crippen molar-refractivity contribution in [2.45, 2.75) is 13.0 Å². The van der Waals surface area contributed by atoms with Crippen molar-refractivity contribution >= 4 is 5.97 Å². The number of benzene rings is 1. The summed E-state index contributed by atoms with van der Waals surface area (Å²) in [6.07, 6.45) is 1.86. The molecule has 0 aliphatic heterocycles. The van der Waals surface area contributed by atoms with Gasteiger partial charge >= 0.3 is 5.97 Å². The van der Waals surface area contributed by atoms with Gasteiger partial charge in [-0.15, -0.1) is 0 Å². The molecule has 1 rings (SSSR count). The van der Waals surface area contributed by atoms with Crippen molar-refractivity contribution < 1.29 is 14.3 Å². The summed E-state index contributed by atoms with van der Waals surface area (Å²) < 4.78 is 10.2. The highest BCUT2D eigenvalue weighted by atomic mass is 16.5. The first-order valence-corrected chi connectivity index (χ1v) is 5.24. The fraction of sp³-hybridized carbons (Fsp3) is 0.308. The van der Waals surface area contributed by atoms with Crippen molar-refractivity contribution in [3.63, 3.8) is 0 Å². The molecule has 1 aromatic rings. The van der Waals surface area contributed by atoms with Crippen molar-refractivity contribution in [3.05, 3.63) is 48.6 Å². The van der Waals surface area contributed by atoms with Crippen LogP contribution in [0.5, 0.6) is 0 Å². The molecule has 86 valence electrons. The van der Waals surface area contributed by atoms with E-state index >= 15 is 0 Å². The Morgan fingerprint density at radius 2 is 2.00 bits per heavy atom. The van der Waals surface area contributed by atoms with Crippen LogP contribution in [0.3, 0.4) is 0 Å². The van der Waals surface area contributed by atoms with Crippen LogP contribution in [0.1, 0.15) is 12.0 Å². The van der Waals surface area contributed by atoms with E-state index in [1.807, 2.05) is 30.3 Å². The fourth-order valence-electron chi connectivity index (χ4n) is 1.16. The van der Waals surface area contributed by atoms with Crippen LogP contribution in [0.25, 0.3) is 0 Å². The standard InChI is InChI=1S/C13H16O3/c1-2-13(14)16-10-6-9-15-11-12-7-4-3-5-8-12/h2-5,7-8H,1,6,9-11H2. The van der Waals surface area contributed by atoms with Crippen LogP contribution in [0, 0.1) is 0 Å². The Hall–Kier alpha value is -1.61. The average molecular weight is 220 g/mol. The lowest BCUT2D eigenvalue weighted by Gasteiger charge is -2.04. The van der Waals surface area contributed by atoms with Gasteiger partial charge < -0.3 is 9.47 Å². The van der Waals surface area contributed by atoms with Gasteiger partial charge in [0.1, 0.15) is 0 Å². The van der Waals surface area contributed by atoms with Crippen LogP contribution in [0.4, 0.5) is 0 Å². The molecule has 0 bridgehead atoms. The molecule has 0 spiro atoms. The number of hydrogen-bond donors (Lipinski definition) is 0. The van der Waals surface area contributed by atoms with Gasteiger partial charge in [0.15, 0.2) is 0 Å². The van der Waals surface area contributed by atoms with E-state index in [9.17, 15) is 4.79 Å². The Morgan fingerprint density at radius 1 is 1.25 bits per heavy atom. The Bertz CT molecular complexity index is 319. The zero-order valence-electron chi connectivity index (χ0n) is 9.22. The molecule has 0 radical (unpaired) electrons. The molecule has 0 aliphatic carbocycles. The second-order valence-corrected chi connectivity index (χ2v) is 3.26. The zero-order valence-corrected chi connectivity index (χ0v) is 9.22. The molecule has 3 heteroatoms. The van der Waals surface area contributed by atoms with Crippen LogP contribution in [0.2, 0.25) is 0 Å². The van der Waals surface area contributed by atoms with Crippen LogP contribution in [-0.4, -0.2) is 19.2 Å². The third-order valence-electron chi connectivity index (χ3n) is 1.96. The predicted octanol–water partition coefficient (Wildman–Crippen LogP) is 2.32. The number of rotatable bonds is 7. The monoisotopic (exact) mass is 220 g/mol. The van der Waals surface area contributed by atoms with Gasteiger partial charge in [-0.1, -0.05) is 36.9 Å². The molecule has 0 fully saturated rings. The Morgan fingerprint density at radius 3 is 2.69 bits per heavy atom. The van der Waals surface area contributed by atoms with Gasteiger partial charge in [-0.2, -0.15) is 0 Å². The van der Waals surface area contributed by atoms with E-state index in [1.54, 1.807) is 0 Å². The minimum absolute atomic E-state index is 0.375. The molecular formula is C13H16O3. The highest BCUT2D eigenvalue weighted by molar-refractivity contribution is 5.81. The summed E-state index contributed by atoms with van der Waals surface area (Å²) in [6, 6.07) is 9.95. The summed E-state index contributed by atoms with van der Waals surface area (Å²) in [5.74, 6) is -0.386. The number of carbonyl (C=O) groups is 1. The first-order chi connectivity index (χ1) is 7.83. The summed E-state index contributed by atoms with van der Waals surface area (Å²) in [5.41, 5.74) is 1.14. The van der Waals surface area contributed by atoms with E-state index in [2.05, 4.69) is 6.58 Å². The molecule has 16 heavy (non-hydrogen) atoms. The quantitative estimate of drug-likeness (QED) is 0.402. The molecule has 0 atom stereocenters. The molecular weight excluding hydrogens is 204 g/mol. The van der Waals surface area contributed by atoms with E-state index in [-0.39, 0.29) is 5.97 Å². The third kappa shape index (κ3) is 5.32. The molecule has 1 aromatic carbocycles. The number of carbonyl (C=O) groups excluding carboxylic acids is 1. The first kappa shape index (κ1) is 12.5. The molecule has 0 amide bonds. The molecule has 0 N–H and O–H groups in total. The molecule has 0 saturated heterocycles. The lowest BCUT2D eigenvalue weighted by atomic mass is 10.2. The maximum Gasteiger partial charge on any atom is 0.330 e. The van der Waals surface area contributed by atoms with Gasteiger partial charge in [-0.05, 0) is 5.56 Å². The molecule has 0 unspecified atom stereocenters. The lowest BCUT2D eigenvalue weighted by molar-refractivity contribution is -0.138. The number of esters is 1. The highest BCUT2D eigenvalue weighted by Crippen LogP contribution is 2.00. The van der Waals surface area contributed by atoms with Crippen molar-refractivity contribution in [1.82, 2.24) is 0 Å². The van der Waals surface area contributed by atoms with Gasteiger partial charge in [0.05, 0.1) is 19.8 Å². The summed E-state index contributed by atoms with van der Waals surface area (Å²) >= 11 is 0. The van der Waals surface area contributed by atoms with E-state index < -0.39 is 0 Å². The Balaban J connectivity index is 2.00. The summed E-state index contributed by atoms with van der Waals surface area (Å²) in [4.78, 5) is 10.7. The molecule has 3 nitrogen and oxygen atoms in total. The smallest absolute Gasteiger partial charge is 0.330 e. The molecule has 0 aromatic heterocycles. The van der Waals surface area contributed by atoms with Crippen molar-refractivity contribution in [2.24, 2.45) is 0 Å². The SMILES string of the molecule is C=CC(=O)OCCCOCc1ccccc1. The van der Waals surface area contributed by atoms with E-state index in [0.29, 0.717) is 26.2 Å². The number of ether oxygens (including phenoxy) is 2. The third-order valence-corrected chi connectivity index (χ3v) is 1.96. The normalized spacial score (nSPS) is 9.75. The minimum Gasteiger partial charge on any atom is -0.462 e. The van der Waals surface area contributed by atoms with Gasteiger partial charge in [-0.25, -0.2) is 4.79 Å². The molecule has 0 heterocycles. The van der Waals surface area contributed by atoms with Crippen molar-refractivity contribution in [1.29, 1.82) is 0 Å². The topological polar surface area (TPSA) is 35.5 Å². The second-order valence-electron chi connectivity index (χ2n) is 3.26. The van der Waals surface area contributed by atoms with E-state index in [0.717, 1.165) is 11.6 Å². The van der Waals surface area contributed by atoms with E-state index in [1.165, 1.54) is 0 Å². The summed E-state index contributed by atoms with van der Waals surface area (Å²) in [7, 11) is 0. The fourth-order valence-corrected chi connectivity index (χ4v) is 1.16. The maximum absolute atomic E-state index is 10.7. The summed E-state index contributed by atoms with van der Waals surface area (Å²) in [6.45, 7) is 4.86. The minimum atomic E-state index is -0.386. The van der Waals surface area contributed by atoms with Crippen LogP contribution in [-0.2, 0) is 20.9 Å². The lowest BCUT2D eigenvalue weighted by Crippen LogP contribution is -2.05. The van der Waals surface area contributed by atoms with Gasteiger partial charge in [0.2, 0.25) is 0 Å². The molecule has 0 saturated carbocycles. The zero-order chi connectivity index (χ0) is 11.6. The average Bonchev–Trinajstić information content (AvgIpc) is 2.34. The van der Waals surface area contributed by atoms with Crippen molar-refractivity contribution in [3.8, 4) is 0 Å². The highest BCUT2D eigenvalue weighted by Gasteiger charge is 1.95. The predicted molar refractivity (Wildman–Crippen MR) is 61.9 cm³/mol.